The molecule has 176 valence electrons. The molecule has 1 aromatic heterocycles. The molecule has 1 aliphatic heterocycles. The van der Waals surface area contributed by atoms with Gasteiger partial charge < -0.3 is 9.84 Å². The predicted molar refractivity (Wildman–Crippen MR) is 125 cm³/mol. The van der Waals surface area contributed by atoms with Crippen molar-refractivity contribution in [3.8, 4) is 5.75 Å². The summed E-state index contributed by atoms with van der Waals surface area (Å²) in [6.45, 7) is 5.91. The van der Waals surface area contributed by atoms with Crippen LogP contribution >= 0.6 is 11.6 Å². The van der Waals surface area contributed by atoms with E-state index < -0.39 is 16.0 Å². The molecular formula is C23H26ClN3O5S. The van der Waals surface area contributed by atoms with Gasteiger partial charge >= 0.3 is 5.97 Å². The number of fused-ring (bicyclic) bond motifs is 1. The van der Waals surface area contributed by atoms with Crippen molar-refractivity contribution in [3.63, 3.8) is 0 Å². The molecule has 0 radical (unpaired) electrons. The van der Waals surface area contributed by atoms with Gasteiger partial charge in [-0.05, 0) is 69.7 Å². The minimum Gasteiger partial charge on any atom is -0.491 e. The maximum atomic E-state index is 13.4. The van der Waals surface area contributed by atoms with Gasteiger partial charge in [-0.1, -0.05) is 11.6 Å². The number of nitrogens with zero attached hydrogens (tertiary/aromatic N) is 3. The molecule has 33 heavy (non-hydrogen) atoms. The second kappa shape index (κ2) is 8.96. The summed E-state index contributed by atoms with van der Waals surface area (Å²) in [6.07, 6.45) is 0.319. The molecule has 2 aromatic carbocycles. The van der Waals surface area contributed by atoms with E-state index in [1.807, 2.05) is 20.8 Å². The van der Waals surface area contributed by atoms with Gasteiger partial charge in [0.1, 0.15) is 5.75 Å². The molecule has 0 aliphatic carbocycles. The van der Waals surface area contributed by atoms with Crippen LogP contribution < -0.4 is 4.74 Å². The fourth-order valence-electron chi connectivity index (χ4n) is 4.31. The van der Waals surface area contributed by atoms with Gasteiger partial charge in [0.05, 0.1) is 34.7 Å². The largest absolute Gasteiger partial charge is 0.491 e. The number of sulfonamides is 1. The molecular weight excluding hydrogens is 466 g/mol. The zero-order chi connectivity index (χ0) is 23.9. The van der Waals surface area contributed by atoms with Crippen LogP contribution in [0.2, 0.25) is 5.02 Å². The Morgan fingerprint density at radius 3 is 2.58 bits per heavy atom. The summed E-state index contributed by atoms with van der Waals surface area (Å²) in [5, 5.41) is 15.0. The lowest BCUT2D eigenvalue weighted by Crippen LogP contribution is -2.34. The van der Waals surface area contributed by atoms with Crippen LogP contribution in [0.1, 0.15) is 38.9 Å². The number of carbonyl (C=O) groups is 1. The standard InChI is InChI=1S/C23H26ClN3O5S/c1-14(2)32-18-5-7-19(8-6-18)33(30,31)26-13-17(10-15(26)3)27-22-11-16(24)4-9-20(22)21(25-27)12-23(28)29/h4-9,11,14-15,17H,10,12-13H2,1-3H3,(H,28,29)/t15-,17+/m0/s1. The first-order valence-electron chi connectivity index (χ1n) is 10.7. The molecule has 3 aromatic rings. The molecule has 0 saturated carbocycles. The summed E-state index contributed by atoms with van der Waals surface area (Å²) < 4.78 is 35.6. The SMILES string of the molecule is CC(C)Oc1ccc(S(=O)(=O)N2C[C@H](n3nc(CC(=O)O)c4ccc(Cl)cc43)C[C@@H]2C)cc1. The summed E-state index contributed by atoms with van der Waals surface area (Å²) in [4.78, 5) is 11.5. The monoisotopic (exact) mass is 491 g/mol. The molecule has 0 bridgehead atoms. The zero-order valence-electron chi connectivity index (χ0n) is 18.6. The maximum Gasteiger partial charge on any atom is 0.309 e. The fourth-order valence-corrected chi connectivity index (χ4v) is 6.16. The van der Waals surface area contributed by atoms with Crippen molar-refractivity contribution in [2.24, 2.45) is 0 Å². The Hall–Kier alpha value is -2.62. The summed E-state index contributed by atoms with van der Waals surface area (Å²) in [7, 11) is -3.73. The lowest BCUT2D eigenvalue weighted by atomic mass is 10.1. The smallest absolute Gasteiger partial charge is 0.309 e. The van der Waals surface area contributed by atoms with Gasteiger partial charge in [0.25, 0.3) is 0 Å². The summed E-state index contributed by atoms with van der Waals surface area (Å²) in [5.74, 6) is -0.368. The number of carboxylic acid groups (broad SMARTS) is 1. The van der Waals surface area contributed by atoms with Gasteiger partial charge in [0.2, 0.25) is 10.0 Å². The number of aliphatic carboxylic acids is 1. The van der Waals surface area contributed by atoms with E-state index in [0.717, 1.165) is 0 Å². The number of carboxylic acids is 1. The van der Waals surface area contributed by atoms with Crippen LogP contribution in [-0.4, -0.2) is 52.3 Å². The Morgan fingerprint density at radius 2 is 1.94 bits per heavy atom. The van der Waals surface area contributed by atoms with Crippen LogP contribution in [0.15, 0.2) is 47.4 Å². The first kappa shape index (κ1) is 23.5. The van der Waals surface area contributed by atoms with E-state index in [2.05, 4.69) is 5.10 Å². The number of benzene rings is 2. The normalized spacial score (nSPS) is 19.4. The minimum atomic E-state index is -3.73. The van der Waals surface area contributed by atoms with Crippen LogP contribution in [-0.2, 0) is 21.2 Å². The van der Waals surface area contributed by atoms with Crippen molar-refractivity contribution in [1.82, 2.24) is 14.1 Å². The molecule has 0 spiro atoms. The number of ether oxygens (including phenoxy) is 1. The van der Waals surface area contributed by atoms with Crippen molar-refractivity contribution in [2.75, 3.05) is 6.54 Å². The minimum absolute atomic E-state index is 0.00441. The number of hydrogen-bond acceptors (Lipinski definition) is 5. The molecule has 8 nitrogen and oxygen atoms in total. The third-order valence-electron chi connectivity index (χ3n) is 5.71. The lowest BCUT2D eigenvalue weighted by molar-refractivity contribution is -0.136. The van der Waals surface area contributed by atoms with Crippen molar-refractivity contribution in [3.05, 3.63) is 53.2 Å². The first-order valence-corrected chi connectivity index (χ1v) is 12.5. The van der Waals surface area contributed by atoms with E-state index >= 15 is 0 Å². The van der Waals surface area contributed by atoms with Crippen molar-refractivity contribution < 1.29 is 23.1 Å². The maximum absolute atomic E-state index is 13.4. The summed E-state index contributed by atoms with van der Waals surface area (Å²) in [5.41, 5.74) is 1.13. The third kappa shape index (κ3) is 4.71. The van der Waals surface area contributed by atoms with E-state index in [0.29, 0.717) is 33.8 Å². The first-order chi connectivity index (χ1) is 15.6. The molecule has 4 rings (SSSR count). The number of rotatable bonds is 7. The molecule has 2 heterocycles. The van der Waals surface area contributed by atoms with Crippen LogP contribution in [0.4, 0.5) is 0 Å². The Balaban J connectivity index is 1.64. The molecule has 1 fully saturated rings. The number of aromatic nitrogens is 2. The zero-order valence-corrected chi connectivity index (χ0v) is 20.2. The molecule has 1 N–H and O–H groups in total. The van der Waals surface area contributed by atoms with Crippen LogP contribution in [0.5, 0.6) is 5.75 Å². The Kier molecular flexibility index (Phi) is 6.39. The molecule has 0 amide bonds. The van der Waals surface area contributed by atoms with Crippen LogP contribution in [0, 0.1) is 0 Å². The van der Waals surface area contributed by atoms with Gasteiger partial charge in [0.15, 0.2) is 0 Å². The Bertz CT molecular complexity index is 1290. The van der Waals surface area contributed by atoms with Gasteiger partial charge in [-0.3, -0.25) is 9.48 Å². The Labute approximate surface area is 197 Å². The van der Waals surface area contributed by atoms with E-state index in [4.69, 9.17) is 16.3 Å². The average molecular weight is 492 g/mol. The van der Waals surface area contributed by atoms with Crippen molar-refractivity contribution in [2.45, 2.75) is 56.7 Å². The van der Waals surface area contributed by atoms with Gasteiger partial charge in [-0.2, -0.15) is 9.40 Å². The highest BCUT2D eigenvalue weighted by Crippen LogP contribution is 2.35. The number of halogens is 1. The van der Waals surface area contributed by atoms with Crippen molar-refractivity contribution >= 4 is 38.5 Å². The molecule has 10 heteroatoms. The van der Waals surface area contributed by atoms with Gasteiger partial charge in [0, 0.05) is 23.0 Å². The van der Waals surface area contributed by atoms with Crippen LogP contribution in [0.3, 0.4) is 0 Å². The average Bonchev–Trinajstić information content (AvgIpc) is 3.28. The Morgan fingerprint density at radius 1 is 1.24 bits per heavy atom. The summed E-state index contributed by atoms with van der Waals surface area (Å²) >= 11 is 6.19. The van der Waals surface area contributed by atoms with E-state index in [9.17, 15) is 18.3 Å². The topological polar surface area (TPSA) is 102 Å². The molecule has 1 aliphatic rings. The predicted octanol–water partition coefficient (Wildman–Crippen LogP) is 4.13. The second-order valence-corrected chi connectivity index (χ2v) is 10.9. The highest BCUT2D eigenvalue weighted by atomic mass is 35.5. The quantitative estimate of drug-likeness (QED) is 0.533. The second-order valence-electron chi connectivity index (χ2n) is 8.57. The lowest BCUT2D eigenvalue weighted by Gasteiger charge is -2.21. The van der Waals surface area contributed by atoms with E-state index in [1.54, 1.807) is 47.1 Å². The van der Waals surface area contributed by atoms with Crippen LogP contribution in [0.25, 0.3) is 10.9 Å². The molecule has 1 saturated heterocycles. The van der Waals surface area contributed by atoms with Gasteiger partial charge in [-0.25, -0.2) is 8.42 Å². The van der Waals surface area contributed by atoms with E-state index in [-0.39, 0.29) is 36.0 Å². The highest BCUT2D eigenvalue weighted by molar-refractivity contribution is 7.89. The molecule has 0 unspecified atom stereocenters. The van der Waals surface area contributed by atoms with E-state index in [1.165, 1.54) is 4.31 Å². The van der Waals surface area contributed by atoms with Gasteiger partial charge in [-0.15, -0.1) is 0 Å². The fraction of sp³-hybridized carbons (Fsp3) is 0.391. The van der Waals surface area contributed by atoms with Crippen molar-refractivity contribution in [1.29, 1.82) is 0 Å². The summed E-state index contributed by atoms with van der Waals surface area (Å²) in [6, 6.07) is 11.1. The molecule has 2 atom stereocenters. The highest BCUT2D eigenvalue weighted by Gasteiger charge is 2.39. The third-order valence-corrected chi connectivity index (χ3v) is 7.94. The number of hydrogen-bond donors (Lipinski definition) is 1.